The zero-order valence-electron chi connectivity index (χ0n) is 15.6. The van der Waals surface area contributed by atoms with E-state index in [-0.39, 0.29) is 0 Å². The standard InChI is InChI=1S/C26H20F2/c1-2-18-3-5-19(6-4-18)20-7-9-21(10-8-20)22-11-13-23(14-12-22)24-15-16-25(27)26(28)17-24/h3-17H,2H2,1H3. The lowest BCUT2D eigenvalue weighted by molar-refractivity contribution is 0.509. The number of hydrogen-bond donors (Lipinski definition) is 0. The number of hydrogen-bond acceptors (Lipinski definition) is 0. The fourth-order valence-corrected chi connectivity index (χ4v) is 3.32. The van der Waals surface area contributed by atoms with E-state index in [0.717, 1.165) is 29.2 Å². The van der Waals surface area contributed by atoms with Gasteiger partial charge in [0, 0.05) is 0 Å². The number of aryl methyl sites for hydroxylation is 1. The van der Waals surface area contributed by atoms with E-state index < -0.39 is 11.6 Å². The van der Waals surface area contributed by atoms with Gasteiger partial charge < -0.3 is 0 Å². The van der Waals surface area contributed by atoms with Gasteiger partial charge in [-0.05, 0) is 57.5 Å². The first kappa shape index (κ1) is 18.1. The predicted molar refractivity (Wildman–Crippen MR) is 112 cm³/mol. The third-order valence-corrected chi connectivity index (χ3v) is 5.05. The molecule has 0 nitrogen and oxygen atoms in total. The van der Waals surface area contributed by atoms with Crippen molar-refractivity contribution in [1.29, 1.82) is 0 Å². The maximum absolute atomic E-state index is 13.5. The normalized spacial score (nSPS) is 10.8. The summed E-state index contributed by atoms with van der Waals surface area (Å²) in [4.78, 5) is 0. The first-order chi connectivity index (χ1) is 13.6. The van der Waals surface area contributed by atoms with Crippen molar-refractivity contribution >= 4 is 0 Å². The fraction of sp³-hybridized carbons (Fsp3) is 0.0769. The van der Waals surface area contributed by atoms with Crippen LogP contribution in [0.3, 0.4) is 0 Å². The molecule has 0 heterocycles. The Morgan fingerprint density at radius 3 is 1.21 bits per heavy atom. The van der Waals surface area contributed by atoms with Crippen LogP contribution in [-0.2, 0) is 6.42 Å². The summed E-state index contributed by atoms with van der Waals surface area (Å²) in [6, 6.07) is 28.9. The van der Waals surface area contributed by atoms with Crippen LogP contribution in [0.15, 0.2) is 91.0 Å². The molecule has 4 aromatic carbocycles. The summed E-state index contributed by atoms with van der Waals surface area (Å²) >= 11 is 0. The predicted octanol–water partition coefficient (Wildman–Crippen LogP) is 7.53. The van der Waals surface area contributed by atoms with E-state index in [1.54, 1.807) is 6.07 Å². The number of halogens is 2. The van der Waals surface area contributed by atoms with Gasteiger partial charge in [-0.25, -0.2) is 8.78 Å². The molecule has 0 amide bonds. The lowest BCUT2D eigenvalue weighted by Gasteiger charge is -2.08. The van der Waals surface area contributed by atoms with E-state index in [0.29, 0.717) is 5.56 Å². The van der Waals surface area contributed by atoms with Gasteiger partial charge in [0.15, 0.2) is 11.6 Å². The maximum Gasteiger partial charge on any atom is 0.159 e. The highest BCUT2D eigenvalue weighted by molar-refractivity contribution is 5.73. The molecule has 2 heteroatoms. The second-order valence-electron chi connectivity index (χ2n) is 6.83. The Labute approximate surface area is 164 Å². The highest BCUT2D eigenvalue weighted by Crippen LogP contribution is 2.28. The van der Waals surface area contributed by atoms with Gasteiger partial charge in [-0.1, -0.05) is 85.8 Å². The van der Waals surface area contributed by atoms with Crippen molar-refractivity contribution in [2.75, 3.05) is 0 Å². The lowest BCUT2D eigenvalue weighted by atomic mass is 9.97. The molecule has 0 aliphatic rings. The van der Waals surface area contributed by atoms with Crippen molar-refractivity contribution in [3.05, 3.63) is 108 Å². The minimum absolute atomic E-state index is 0.663. The van der Waals surface area contributed by atoms with Crippen molar-refractivity contribution < 1.29 is 8.78 Å². The molecule has 0 aliphatic heterocycles. The Hall–Kier alpha value is -3.26. The summed E-state index contributed by atoms with van der Waals surface area (Å²) in [7, 11) is 0. The fourth-order valence-electron chi connectivity index (χ4n) is 3.32. The van der Waals surface area contributed by atoms with E-state index in [1.807, 2.05) is 24.3 Å². The van der Waals surface area contributed by atoms with E-state index in [1.165, 1.54) is 22.8 Å². The van der Waals surface area contributed by atoms with Gasteiger partial charge in [-0.2, -0.15) is 0 Å². The van der Waals surface area contributed by atoms with Crippen LogP contribution in [0.4, 0.5) is 8.78 Å². The van der Waals surface area contributed by atoms with Crippen LogP contribution in [0.1, 0.15) is 12.5 Å². The summed E-state index contributed by atoms with van der Waals surface area (Å²) in [5, 5.41) is 0. The van der Waals surface area contributed by atoms with E-state index >= 15 is 0 Å². The molecule has 0 N–H and O–H groups in total. The van der Waals surface area contributed by atoms with Crippen molar-refractivity contribution in [3.63, 3.8) is 0 Å². The SMILES string of the molecule is CCc1ccc(-c2ccc(-c3ccc(-c4ccc(F)c(F)c4)cc3)cc2)cc1. The average molecular weight is 370 g/mol. The molecule has 4 rings (SSSR count). The molecule has 0 radical (unpaired) electrons. The van der Waals surface area contributed by atoms with Crippen LogP contribution in [0.5, 0.6) is 0 Å². The Morgan fingerprint density at radius 2 is 0.821 bits per heavy atom. The van der Waals surface area contributed by atoms with Crippen LogP contribution in [0, 0.1) is 11.6 Å². The number of benzene rings is 4. The minimum Gasteiger partial charge on any atom is -0.204 e. The summed E-state index contributed by atoms with van der Waals surface area (Å²) in [6.45, 7) is 2.15. The molecule has 0 atom stereocenters. The first-order valence-corrected chi connectivity index (χ1v) is 9.39. The van der Waals surface area contributed by atoms with Gasteiger partial charge in [0.05, 0.1) is 0 Å². The second kappa shape index (κ2) is 7.77. The molecular formula is C26H20F2. The number of rotatable bonds is 4. The van der Waals surface area contributed by atoms with Crippen LogP contribution in [0.25, 0.3) is 33.4 Å². The van der Waals surface area contributed by atoms with E-state index in [9.17, 15) is 8.78 Å². The lowest BCUT2D eigenvalue weighted by Crippen LogP contribution is -1.86. The Kier molecular flexibility index (Phi) is 5.03. The molecule has 0 unspecified atom stereocenters. The molecule has 0 aliphatic carbocycles. The Bertz CT molecular complexity index is 1080. The zero-order valence-corrected chi connectivity index (χ0v) is 15.6. The summed E-state index contributed by atoms with van der Waals surface area (Å²) in [6.07, 6.45) is 1.04. The van der Waals surface area contributed by atoms with Gasteiger partial charge in [-0.15, -0.1) is 0 Å². The highest BCUT2D eigenvalue weighted by atomic mass is 19.2. The molecule has 4 aromatic rings. The molecule has 0 saturated carbocycles. The Morgan fingerprint density at radius 1 is 0.464 bits per heavy atom. The van der Waals surface area contributed by atoms with Crippen LogP contribution in [0.2, 0.25) is 0 Å². The molecule has 0 spiro atoms. The largest absolute Gasteiger partial charge is 0.204 e. The summed E-state index contributed by atoms with van der Waals surface area (Å²) < 4.78 is 26.6. The van der Waals surface area contributed by atoms with Crippen molar-refractivity contribution in [1.82, 2.24) is 0 Å². The summed E-state index contributed by atoms with van der Waals surface area (Å²) in [5.41, 5.74) is 7.44. The highest BCUT2D eigenvalue weighted by Gasteiger charge is 2.06. The molecule has 138 valence electrons. The second-order valence-corrected chi connectivity index (χ2v) is 6.83. The van der Waals surface area contributed by atoms with Gasteiger partial charge >= 0.3 is 0 Å². The third-order valence-electron chi connectivity index (χ3n) is 5.05. The van der Waals surface area contributed by atoms with Crippen molar-refractivity contribution in [3.8, 4) is 33.4 Å². The smallest absolute Gasteiger partial charge is 0.159 e. The van der Waals surface area contributed by atoms with Crippen molar-refractivity contribution in [2.45, 2.75) is 13.3 Å². The zero-order chi connectivity index (χ0) is 19.5. The van der Waals surface area contributed by atoms with E-state index in [2.05, 4.69) is 55.5 Å². The maximum atomic E-state index is 13.5. The Balaban J connectivity index is 1.56. The minimum atomic E-state index is -0.830. The van der Waals surface area contributed by atoms with E-state index in [4.69, 9.17) is 0 Å². The summed E-state index contributed by atoms with van der Waals surface area (Å²) in [5.74, 6) is -1.66. The van der Waals surface area contributed by atoms with Crippen LogP contribution >= 0.6 is 0 Å². The molecular weight excluding hydrogens is 350 g/mol. The first-order valence-electron chi connectivity index (χ1n) is 9.39. The third kappa shape index (κ3) is 3.72. The average Bonchev–Trinajstić information content (AvgIpc) is 2.76. The monoisotopic (exact) mass is 370 g/mol. The van der Waals surface area contributed by atoms with Crippen LogP contribution in [-0.4, -0.2) is 0 Å². The van der Waals surface area contributed by atoms with Gasteiger partial charge in [0.1, 0.15) is 0 Å². The molecule has 0 fully saturated rings. The molecule has 0 bridgehead atoms. The quantitative estimate of drug-likeness (QED) is 0.348. The van der Waals surface area contributed by atoms with Gasteiger partial charge in [0.2, 0.25) is 0 Å². The molecule has 0 saturated heterocycles. The molecule has 28 heavy (non-hydrogen) atoms. The van der Waals surface area contributed by atoms with Crippen LogP contribution < -0.4 is 0 Å². The topological polar surface area (TPSA) is 0 Å². The van der Waals surface area contributed by atoms with Gasteiger partial charge in [0.25, 0.3) is 0 Å². The van der Waals surface area contributed by atoms with Crippen molar-refractivity contribution in [2.24, 2.45) is 0 Å². The van der Waals surface area contributed by atoms with Gasteiger partial charge in [-0.3, -0.25) is 0 Å². The molecule has 0 aromatic heterocycles.